The standard InChI is InChI=1S/C9H14N2O2.C9H14O4/c1-3-5-7-6-8(11-10-7)9(12)13-4-2;1-3-5-7(10)6-8(11)9(12)13-4-2/h6H,3-5H2,1-2H3,(H,10,11);3-6H2,1-2H3. The summed E-state index contributed by atoms with van der Waals surface area (Å²) in [4.78, 5) is 43.8. The van der Waals surface area contributed by atoms with Gasteiger partial charge < -0.3 is 9.47 Å². The van der Waals surface area contributed by atoms with Crippen LogP contribution < -0.4 is 0 Å². The maximum atomic E-state index is 11.2. The van der Waals surface area contributed by atoms with E-state index in [4.69, 9.17) is 4.74 Å². The average molecular weight is 368 g/mol. The first-order chi connectivity index (χ1) is 12.4. The van der Waals surface area contributed by atoms with E-state index in [2.05, 4.69) is 21.9 Å². The predicted molar refractivity (Wildman–Crippen MR) is 94.7 cm³/mol. The van der Waals surface area contributed by atoms with Gasteiger partial charge in [-0.15, -0.1) is 0 Å². The van der Waals surface area contributed by atoms with Crippen LogP contribution in [0, 0.1) is 0 Å². The molecule has 0 spiro atoms. The number of rotatable bonds is 10. The van der Waals surface area contributed by atoms with Crippen molar-refractivity contribution in [3.05, 3.63) is 17.5 Å². The lowest BCUT2D eigenvalue weighted by Crippen LogP contribution is -2.20. The molecule has 0 unspecified atom stereocenters. The number of nitrogens with zero attached hydrogens (tertiary/aromatic N) is 1. The lowest BCUT2D eigenvalue weighted by atomic mass is 10.1. The number of esters is 2. The zero-order chi connectivity index (χ0) is 19.9. The molecule has 0 aliphatic rings. The summed E-state index contributed by atoms with van der Waals surface area (Å²) < 4.78 is 9.24. The number of aromatic amines is 1. The first kappa shape index (κ1) is 23.5. The van der Waals surface area contributed by atoms with Gasteiger partial charge in [0.25, 0.3) is 0 Å². The largest absolute Gasteiger partial charge is 0.461 e. The van der Waals surface area contributed by atoms with E-state index in [9.17, 15) is 19.2 Å². The van der Waals surface area contributed by atoms with Crippen LogP contribution in [0.2, 0.25) is 0 Å². The number of ketones is 2. The third kappa shape index (κ3) is 9.71. The lowest BCUT2D eigenvalue weighted by Gasteiger charge is -1.99. The molecule has 0 aliphatic carbocycles. The molecule has 0 bridgehead atoms. The molecule has 1 aromatic heterocycles. The minimum Gasteiger partial charge on any atom is -0.461 e. The number of nitrogens with one attached hydrogen (secondary N) is 1. The first-order valence-electron chi connectivity index (χ1n) is 8.82. The van der Waals surface area contributed by atoms with Crippen LogP contribution in [0.1, 0.15) is 69.6 Å². The molecule has 26 heavy (non-hydrogen) atoms. The highest BCUT2D eigenvalue weighted by molar-refractivity contribution is 6.37. The highest BCUT2D eigenvalue weighted by atomic mass is 16.5. The summed E-state index contributed by atoms with van der Waals surface area (Å²) in [7, 11) is 0. The smallest absolute Gasteiger partial charge is 0.375 e. The Hall–Kier alpha value is -2.51. The number of ether oxygens (including phenoxy) is 2. The predicted octanol–water partition coefficient (Wildman–Crippen LogP) is 2.42. The van der Waals surface area contributed by atoms with Crippen LogP contribution in [0.15, 0.2) is 6.07 Å². The normalized spacial score (nSPS) is 9.69. The van der Waals surface area contributed by atoms with E-state index in [0.717, 1.165) is 18.5 Å². The number of aryl methyl sites for hydroxylation is 1. The molecule has 146 valence electrons. The van der Waals surface area contributed by atoms with E-state index < -0.39 is 11.8 Å². The van der Waals surface area contributed by atoms with Crippen LogP contribution in [-0.2, 0) is 30.3 Å². The van der Waals surface area contributed by atoms with E-state index in [-0.39, 0.29) is 24.8 Å². The van der Waals surface area contributed by atoms with Crippen molar-refractivity contribution in [1.29, 1.82) is 0 Å². The lowest BCUT2D eigenvalue weighted by molar-refractivity contribution is -0.154. The molecule has 0 fully saturated rings. The second kappa shape index (κ2) is 13.7. The van der Waals surface area contributed by atoms with Gasteiger partial charge in [-0.1, -0.05) is 20.3 Å². The van der Waals surface area contributed by atoms with Crippen molar-refractivity contribution in [2.75, 3.05) is 13.2 Å². The molecule has 0 saturated heterocycles. The summed E-state index contributed by atoms with van der Waals surface area (Å²) in [5.74, 6) is -2.23. The molecular formula is C18H28N2O6. The summed E-state index contributed by atoms with van der Waals surface area (Å²) in [5.41, 5.74) is 1.34. The molecule has 8 heteroatoms. The molecule has 0 atom stereocenters. The summed E-state index contributed by atoms with van der Waals surface area (Å²) in [6, 6.07) is 1.74. The topological polar surface area (TPSA) is 115 Å². The summed E-state index contributed by atoms with van der Waals surface area (Å²) in [6.07, 6.45) is 2.64. The summed E-state index contributed by atoms with van der Waals surface area (Å²) in [6.45, 7) is 7.84. The van der Waals surface area contributed by atoms with Gasteiger partial charge in [0.1, 0.15) is 5.78 Å². The molecule has 0 aliphatic heterocycles. The Balaban J connectivity index is 0.000000481. The second-order valence-corrected chi connectivity index (χ2v) is 5.36. The van der Waals surface area contributed by atoms with Crippen LogP contribution in [0.25, 0.3) is 0 Å². The van der Waals surface area contributed by atoms with Crippen molar-refractivity contribution in [1.82, 2.24) is 10.2 Å². The fourth-order valence-corrected chi connectivity index (χ4v) is 1.90. The Kier molecular flexibility index (Phi) is 12.4. The zero-order valence-corrected chi connectivity index (χ0v) is 15.9. The second-order valence-electron chi connectivity index (χ2n) is 5.36. The molecule has 1 N–H and O–H groups in total. The fourth-order valence-electron chi connectivity index (χ4n) is 1.90. The van der Waals surface area contributed by atoms with Gasteiger partial charge in [-0.2, -0.15) is 5.10 Å². The zero-order valence-electron chi connectivity index (χ0n) is 15.9. The maximum Gasteiger partial charge on any atom is 0.375 e. The molecule has 0 saturated carbocycles. The minimum atomic E-state index is -0.910. The SMILES string of the molecule is CCCC(=O)CC(=O)C(=O)OCC.CCCc1cc(C(=O)OCC)n[nH]1. The summed E-state index contributed by atoms with van der Waals surface area (Å²) in [5, 5.41) is 6.65. The number of Topliss-reactive ketones (excluding diaryl/α,β-unsaturated/α-hetero) is 2. The third-order valence-corrected chi connectivity index (χ3v) is 3.02. The van der Waals surface area contributed by atoms with Gasteiger partial charge in [-0.3, -0.25) is 14.7 Å². The average Bonchev–Trinajstić information content (AvgIpc) is 3.05. The third-order valence-electron chi connectivity index (χ3n) is 3.02. The molecule has 0 amide bonds. The van der Waals surface area contributed by atoms with Crippen molar-refractivity contribution < 1.29 is 28.7 Å². The Morgan fingerprint density at radius 3 is 2.19 bits per heavy atom. The van der Waals surface area contributed by atoms with Crippen molar-refractivity contribution >= 4 is 23.5 Å². The minimum absolute atomic E-state index is 0.159. The van der Waals surface area contributed by atoms with E-state index in [0.29, 0.717) is 25.1 Å². The van der Waals surface area contributed by atoms with E-state index >= 15 is 0 Å². The number of hydrogen-bond acceptors (Lipinski definition) is 7. The van der Waals surface area contributed by atoms with E-state index in [1.165, 1.54) is 0 Å². The fraction of sp³-hybridized carbons (Fsp3) is 0.611. The number of carbonyl (C=O) groups is 4. The quantitative estimate of drug-likeness (QED) is 0.383. The molecule has 1 rings (SSSR count). The van der Waals surface area contributed by atoms with Gasteiger partial charge in [0.15, 0.2) is 5.69 Å². The van der Waals surface area contributed by atoms with Crippen LogP contribution >= 0.6 is 0 Å². The van der Waals surface area contributed by atoms with Gasteiger partial charge in [0.2, 0.25) is 5.78 Å². The Morgan fingerprint density at radius 2 is 1.65 bits per heavy atom. The highest BCUT2D eigenvalue weighted by Gasteiger charge is 2.17. The Bertz CT molecular complexity index is 594. The number of H-pyrrole nitrogens is 1. The van der Waals surface area contributed by atoms with Crippen molar-refractivity contribution in [3.8, 4) is 0 Å². The highest BCUT2D eigenvalue weighted by Crippen LogP contribution is 2.03. The molecule has 1 aromatic rings. The molecular weight excluding hydrogens is 340 g/mol. The Labute approximate surface area is 153 Å². The van der Waals surface area contributed by atoms with Crippen molar-refractivity contribution in [2.24, 2.45) is 0 Å². The molecule has 0 radical (unpaired) electrons. The monoisotopic (exact) mass is 368 g/mol. The first-order valence-corrected chi connectivity index (χ1v) is 8.82. The van der Waals surface area contributed by atoms with Gasteiger partial charge in [-0.05, 0) is 32.8 Å². The maximum absolute atomic E-state index is 11.2. The van der Waals surface area contributed by atoms with Gasteiger partial charge >= 0.3 is 11.9 Å². The van der Waals surface area contributed by atoms with Crippen molar-refractivity contribution in [3.63, 3.8) is 0 Å². The van der Waals surface area contributed by atoms with Crippen molar-refractivity contribution in [2.45, 2.75) is 59.8 Å². The number of carbonyl (C=O) groups excluding carboxylic acids is 4. The number of aromatic nitrogens is 2. The van der Waals surface area contributed by atoms with E-state index in [1.807, 2.05) is 6.92 Å². The van der Waals surface area contributed by atoms with Gasteiger partial charge in [0, 0.05) is 12.1 Å². The van der Waals surface area contributed by atoms with Crippen LogP contribution in [0.3, 0.4) is 0 Å². The van der Waals surface area contributed by atoms with Gasteiger partial charge in [0.05, 0.1) is 19.6 Å². The van der Waals surface area contributed by atoms with E-state index in [1.54, 1.807) is 19.9 Å². The molecule has 0 aromatic carbocycles. The van der Waals surface area contributed by atoms with Crippen LogP contribution in [0.5, 0.6) is 0 Å². The molecule has 1 heterocycles. The molecule has 8 nitrogen and oxygen atoms in total. The Morgan fingerprint density at radius 1 is 1.00 bits per heavy atom. The number of hydrogen-bond donors (Lipinski definition) is 1. The summed E-state index contributed by atoms with van der Waals surface area (Å²) >= 11 is 0. The van der Waals surface area contributed by atoms with Crippen LogP contribution in [0.4, 0.5) is 0 Å². The van der Waals surface area contributed by atoms with Gasteiger partial charge in [-0.25, -0.2) is 9.59 Å². The van der Waals surface area contributed by atoms with Crippen LogP contribution in [-0.4, -0.2) is 46.9 Å².